The van der Waals surface area contributed by atoms with Gasteiger partial charge in [-0.15, -0.1) is 0 Å². The van der Waals surface area contributed by atoms with E-state index in [0.29, 0.717) is 11.3 Å². The van der Waals surface area contributed by atoms with Gasteiger partial charge in [0.1, 0.15) is 0 Å². The highest BCUT2D eigenvalue weighted by molar-refractivity contribution is 8.18. The summed E-state index contributed by atoms with van der Waals surface area (Å²) in [7, 11) is 0. The number of nitrogens with zero attached hydrogens (tertiary/aromatic N) is 1. The molecule has 1 fully saturated rings. The van der Waals surface area contributed by atoms with Gasteiger partial charge in [0, 0.05) is 13.1 Å². The summed E-state index contributed by atoms with van der Waals surface area (Å²) in [5.74, 6) is -0.434. The molecule has 3 rings (SSSR count). The molecular formula is C18H16N2O3S2. The molecule has 128 valence electrons. The third-order valence-corrected chi connectivity index (χ3v) is 5.21. The first-order valence-corrected chi connectivity index (χ1v) is 9.47. The second-order valence-electron chi connectivity index (χ2n) is 5.40. The Kier molecular flexibility index (Phi) is 5.67. The first kappa shape index (κ1) is 17.4. The quantitative estimate of drug-likeness (QED) is 0.791. The van der Waals surface area contributed by atoms with Crippen molar-refractivity contribution in [1.82, 2.24) is 10.2 Å². The average molecular weight is 372 g/mol. The van der Waals surface area contributed by atoms with Gasteiger partial charge in [0.25, 0.3) is 11.1 Å². The van der Waals surface area contributed by atoms with Crippen LogP contribution in [0.25, 0.3) is 6.08 Å². The topological polar surface area (TPSA) is 66.5 Å². The number of carbonyl (C=O) groups excluding carboxylic acids is 3. The first-order chi connectivity index (χ1) is 12.1. The molecule has 1 aliphatic heterocycles. The van der Waals surface area contributed by atoms with E-state index in [1.165, 1.54) is 4.90 Å². The Labute approximate surface area is 153 Å². The van der Waals surface area contributed by atoms with Crippen molar-refractivity contribution in [2.24, 2.45) is 0 Å². The summed E-state index contributed by atoms with van der Waals surface area (Å²) >= 11 is 2.47. The number of nitrogens with one attached hydrogen (secondary N) is 1. The maximum absolute atomic E-state index is 12.4. The highest BCUT2D eigenvalue weighted by Gasteiger charge is 2.34. The fourth-order valence-electron chi connectivity index (χ4n) is 2.34. The van der Waals surface area contributed by atoms with Crippen molar-refractivity contribution in [3.8, 4) is 0 Å². The van der Waals surface area contributed by atoms with Crippen LogP contribution in [0.4, 0.5) is 4.79 Å². The van der Waals surface area contributed by atoms with E-state index in [2.05, 4.69) is 5.32 Å². The second kappa shape index (κ2) is 8.13. The number of rotatable bonds is 6. The monoisotopic (exact) mass is 372 g/mol. The van der Waals surface area contributed by atoms with Crippen molar-refractivity contribution in [3.63, 3.8) is 0 Å². The molecule has 0 atom stereocenters. The van der Waals surface area contributed by atoms with Crippen LogP contribution in [0.1, 0.15) is 11.1 Å². The van der Waals surface area contributed by atoms with Gasteiger partial charge in [0.05, 0.1) is 11.3 Å². The molecule has 0 bridgehead atoms. The highest BCUT2D eigenvalue weighted by atomic mass is 32.2. The van der Waals surface area contributed by atoms with Gasteiger partial charge < -0.3 is 5.32 Å². The second-order valence-corrected chi connectivity index (χ2v) is 7.18. The number of carbonyl (C=O) groups is 3. The van der Waals surface area contributed by atoms with Gasteiger partial charge in [0.15, 0.2) is 0 Å². The molecule has 3 amide bonds. The third kappa shape index (κ3) is 4.58. The number of hydrogen-bond acceptors (Lipinski definition) is 5. The van der Waals surface area contributed by atoms with E-state index < -0.39 is 0 Å². The molecule has 0 radical (unpaired) electrons. The molecule has 7 heteroatoms. The molecule has 2 heterocycles. The Morgan fingerprint density at radius 2 is 1.96 bits per heavy atom. The molecule has 0 spiro atoms. The Hall–Kier alpha value is -2.38. The molecule has 1 aromatic heterocycles. The van der Waals surface area contributed by atoms with Crippen LogP contribution in [0.3, 0.4) is 0 Å². The summed E-state index contributed by atoms with van der Waals surface area (Å²) in [6.45, 7) is 0.422. The zero-order valence-electron chi connectivity index (χ0n) is 13.3. The van der Waals surface area contributed by atoms with E-state index in [9.17, 15) is 14.4 Å². The standard InChI is InChI=1S/C18H16N2O3S2/c21-16(11-14-6-9-24-12-14)19-7-8-20-17(22)15(25-18(20)23)10-13-4-2-1-3-5-13/h1-6,9-10,12H,7-8,11H2,(H,19,21)/b15-10+. The van der Waals surface area contributed by atoms with Gasteiger partial charge >= 0.3 is 0 Å². The molecule has 5 nitrogen and oxygen atoms in total. The van der Waals surface area contributed by atoms with Crippen molar-refractivity contribution in [3.05, 3.63) is 63.2 Å². The van der Waals surface area contributed by atoms with Crippen LogP contribution in [-0.2, 0) is 16.0 Å². The first-order valence-electron chi connectivity index (χ1n) is 7.71. The van der Waals surface area contributed by atoms with E-state index in [-0.39, 0.29) is 30.1 Å². The maximum Gasteiger partial charge on any atom is 0.293 e. The van der Waals surface area contributed by atoms with Gasteiger partial charge in [-0.25, -0.2) is 0 Å². The lowest BCUT2D eigenvalue weighted by molar-refractivity contribution is -0.124. The van der Waals surface area contributed by atoms with Gasteiger partial charge in [-0.2, -0.15) is 11.3 Å². The minimum absolute atomic E-state index is 0.120. The van der Waals surface area contributed by atoms with Gasteiger partial charge in [-0.3, -0.25) is 19.3 Å². The predicted molar refractivity (Wildman–Crippen MR) is 100 cm³/mol. The Morgan fingerprint density at radius 3 is 2.68 bits per heavy atom. The summed E-state index contributed by atoms with van der Waals surface area (Å²) in [4.78, 5) is 37.8. The van der Waals surface area contributed by atoms with Crippen LogP contribution in [-0.4, -0.2) is 35.0 Å². The van der Waals surface area contributed by atoms with Gasteiger partial charge in [0.2, 0.25) is 5.91 Å². The molecule has 1 N–H and O–H groups in total. The summed E-state index contributed by atoms with van der Waals surface area (Å²) in [6, 6.07) is 11.3. The SMILES string of the molecule is O=C(Cc1ccsc1)NCCN1C(=O)S/C(=C/c2ccccc2)C1=O. The summed E-state index contributed by atoms with van der Waals surface area (Å²) < 4.78 is 0. The van der Waals surface area contributed by atoms with Gasteiger partial charge in [-0.05, 0) is 45.8 Å². The molecule has 1 aliphatic rings. The molecule has 0 unspecified atom stereocenters. The van der Waals surface area contributed by atoms with E-state index in [0.717, 1.165) is 22.9 Å². The third-order valence-electron chi connectivity index (χ3n) is 3.57. The number of thioether (sulfide) groups is 1. The van der Waals surface area contributed by atoms with Gasteiger partial charge in [-0.1, -0.05) is 30.3 Å². The normalized spacial score (nSPS) is 15.8. The van der Waals surface area contributed by atoms with Crippen LogP contribution in [0, 0.1) is 0 Å². The molecule has 0 aliphatic carbocycles. The summed E-state index contributed by atoms with van der Waals surface area (Å²) in [5.41, 5.74) is 1.83. The van der Waals surface area contributed by atoms with Crippen LogP contribution in [0.15, 0.2) is 52.1 Å². The lowest BCUT2D eigenvalue weighted by Gasteiger charge is -2.12. The van der Waals surface area contributed by atoms with E-state index in [1.807, 2.05) is 47.2 Å². The largest absolute Gasteiger partial charge is 0.354 e. The molecular weight excluding hydrogens is 356 g/mol. The molecule has 0 saturated carbocycles. The van der Waals surface area contributed by atoms with Crippen molar-refractivity contribution in [2.75, 3.05) is 13.1 Å². The number of hydrogen-bond donors (Lipinski definition) is 1. The van der Waals surface area contributed by atoms with Crippen LogP contribution >= 0.6 is 23.1 Å². The number of thiophene rings is 1. The summed E-state index contributed by atoms with van der Waals surface area (Å²) in [6.07, 6.45) is 2.01. The van der Waals surface area contributed by atoms with E-state index in [4.69, 9.17) is 0 Å². The Morgan fingerprint density at radius 1 is 1.16 bits per heavy atom. The number of imide groups is 1. The zero-order valence-corrected chi connectivity index (χ0v) is 14.9. The van der Waals surface area contributed by atoms with E-state index >= 15 is 0 Å². The fourth-order valence-corrected chi connectivity index (χ4v) is 3.88. The van der Waals surface area contributed by atoms with Crippen LogP contribution < -0.4 is 5.32 Å². The lowest BCUT2D eigenvalue weighted by atomic mass is 10.2. The summed E-state index contributed by atoms with van der Waals surface area (Å²) in [5, 5.41) is 6.28. The highest BCUT2D eigenvalue weighted by Crippen LogP contribution is 2.31. The molecule has 25 heavy (non-hydrogen) atoms. The average Bonchev–Trinajstić information content (AvgIpc) is 3.19. The molecule has 1 saturated heterocycles. The van der Waals surface area contributed by atoms with Crippen LogP contribution in [0.5, 0.6) is 0 Å². The van der Waals surface area contributed by atoms with Crippen molar-refractivity contribution >= 4 is 46.2 Å². The smallest absolute Gasteiger partial charge is 0.293 e. The number of amides is 3. The maximum atomic E-state index is 12.4. The predicted octanol–water partition coefficient (Wildman–Crippen LogP) is 3.14. The van der Waals surface area contributed by atoms with Crippen molar-refractivity contribution < 1.29 is 14.4 Å². The van der Waals surface area contributed by atoms with Crippen molar-refractivity contribution in [1.29, 1.82) is 0 Å². The minimum Gasteiger partial charge on any atom is -0.354 e. The molecule has 2 aromatic rings. The molecule has 1 aromatic carbocycles. The minimum atomic E-state index is -0.314. The Balaban J connectivity index is 1.53. The fraction of sp³-hybridized carbons (Fsp3) is 0.167. The number of benzene rings is 1. The van der Waals surface area contributed by atoms with Crippen LogP contribution in [0.2, 0.25) is 0 Å². The van der Waals surface area contributed by atoms with Crippen molar-refractivity contribution in [2.45, 2.75) is 6.42 Å². The lowest BCUT2D eigenvalue weighted by Crippen LogP contribution is -2.37. The Bertz CT molecular complexity index is 801. The van der Waals surface area contributed by atoms with E-state index in [1.54, 1.807) is 17.4 Å². The zero-order chi connectivity index (χ0) is 17.6.